The van der Waals surface area contributed by atoms with Gasteiger partial charge in [0.25, 0.3) is 0 Å². The van der Waals surface area contributed by atoms with E-state index in [4.69, 9.17) is 10.5 Å². The SMILES string of the molecule is CCOC(=O)c1nc(C)n(C(C)C(=O)NCC(C)C)c1N. The van der Waals surface area contributed by atoms with Gasteiger partial charge in [-0.3, -0.25) is 4.79 Å². The van der Waals surface area contributed by atoms with Gasteiger partial charge in [-0.2, -0.15) is 0 Å². The van der Waals surface area contributed by atoms with E-state index in [9.17, 15) is 9.59 Å². The largest absolute Gasteiger partial charge is 0.461 e. The monoisotopic (exact) mass is 296 g/mol. The Hall–Kier alpha value is -2.05. The zero-order valence-corrected chi connectivity index (χ0v) is 13.3. The molecule has 1 unspecified atom stereocenters. The zero-order chi connectivity index (χ0) is 16.2. The molecule has 0 aliphatic heterocycles. The highest BCUT2D eigenvalue weighted by molar-refractivity contribution is 5.93. The van der Waals surface area contributed by atoms with E-state index >= 15 is 0 Å². The number of esters is 1. The van der Waals surface area contributed by atoms with Crippen LogP contribution in [0.25, 0.3) is 0 Å². The van der Waals surface area contributed by atoms with Gasteiger partial charge >= 0.3 is 5.97 Å². The summed E-state index contributed by atoms with van der Waals surface area (Å²) in [6, 6.07) is -0.542. The molecule has 21 heavy (non-hydrogen) atoms. The van der Waals surface area contributed by atoms with Crippen molar-refractivity contribution < 1.29 is 14.3 Å². The summed E-state index contributed by atoms with van der Waals surface area (Å²) in [5.41, 5.74) is 6.00. The van der Waals surface area contributed by atoms with Gasteiger partial charge in [0.1, 0.15) is 17.7 Å². The average molecular weight is 296 g/mol. The zero-order valence-electron chi connectivity index (χ0n) is 13.3. The molecule has 1 aromatic heterocycles. The van der Waals surface area contributed by atoms with Crippen molar-refractivity contribution in [2.75, 3.05) is 18.9 Å². The first-order valence-corrected chi connectivity index (χ1v) is 7.08. The molecule has 0 bridgehead atoms. The van der Waals surface area contributed by atoms with Gasteiger partial charge in [-0.05, 0) is 26.7 Å². The van der Waals surface area contributed by atoms with Crippen LogP contribution in [0, 0.1) is 12.8 Å². The minimum absolute atomic E-state index is 0.0536. The fraction of sp³-hybridized carbons (Fsp3) is 0.643. The first-order chi connectivity index (χ1) is 9.79. The van der Waals surface area contributed by atoms with Crippen molar-refractivity contribution in [3.8, 4) is 0 Å². The molecule has 7 heteroatoms. The summed E-state index contributed by atoms with van der Waals surface area (Å²) in [6.07, 6.45) is 0. The van der Waals surface area contributed by atoms with Crippen LogP contribution in [0.2, 0.25) is 0 Å². The number of carbonyl (C=O) groups is 2. The van der Waals surface area contributed by atoms with Gasteiger partial charge in [-0.15, -0.1) is 0 Å². The Kier molecular flexibility index (Phi) is 5.75. The molecule has 0 aliphatic carbocycles. The molecule has 1 amide bonds. The van der Waals surface area contributed by atoms with Gasteiger partial charge < -0.3 is 20.4 Å². The second-order valence-electron chi connectivity index (χ2n) is 5.30. The Morgan fingerprint density at radius 2 is 2.00 bits per heavy atom. The second kappa shape index (κ2) is 7.10. The highest BCUT2D eigenvalue weighted by atomic mass is 16.5. The van der Waals surface area contributed by atoms with Crippen molar-refractivity contribution in [2.45, 2.75) is 40.7 Å². The number of nitrogens with one attached hydrogen (secondary N) is 1. The second-order valence-corrected chi connectivity index (χ2v) is 5.30. The number of nitrogen functional groups attached to an aromatic ring is 1. The lowest BCUT2D eigenvalue weighted by atomic mass is 10.2. The smallest absolute Gasteiger partial charge is 0.360 e. The van der Waals surface area contributed by atoms with Crippen molar-refractivity contribution >= 4 is 17.7 Å². The molecule has 1 aromatic rings. The predicted octanol–water partition coefficient (Wildman–Crippen LogP) is 1.28. The van der Waals surface area contributed by atoms with Crippen molar-refractivity contribution in [1.82, 2.24) is 14.9 Å². The van der Waals surface area contributed by atoms with Crippen LogP contribution in [0.5, 0.6) is 0 Å². The Bertz CT molecular complexity index is 523. The number of hydrogen-bond acceptors (Lipinski definition) is 5. The topological polar surface area (TPSA) is 99.2 Å². The molecular weight excluding hydrogens is 272 g/mol. The lowest BCUT2D eigenvalue weighted by Gasteiger charge is -2.17. The molecule has 3 N–H and O–H groups in total. The number of nitrogens with zero attached hydrogens (tertiary/aromatic N) is 2. The average Bonchev–Trinajstić information content (AvgIpc) is 2.70. The molecule has 0 saturated carbocycles. The summed E-state index contributed by atoms with van der Waals surface area (Å²) in [6.45, 7) is 9.98. The molecule has 0 aromatic carbocycles. The van der Waals surface area contributed by atoms with E-state index in [-0.39, 0.29) is 24.0 Å². The molecule has 1 atom stereocenters. The Balaban J connectivity index is 2.97. The van der Waals surface area contributed by atoms with E-state index in [1.165, 1.54) is 0 Å². The van der Waals surface area contributed by atoms with Crippen LogP contribution in [0.3, 0.4) is 0 Å². The van der Waals surface area contributed by atoms with Crippen LogP contribution in [0.4, 0.5) is 5.82 Å². The van der Waals surface area contributed by atoms with E-state index in [1.807, 2.05) is 13.8 Å². The molecule has 118 valence electrons. The number of aryl methyl sites for hydroxylation is 1. The van der Waals surface area contributed by atoms with Gasteiger partial charge in [-0.1, -0.05) is 13.8 Å². The number of aromatic nitrogens is 2. The maximum atomic E-state index is 12.1. The lowest BCUT2D eigenvalue weighted by molar-refractivity contribution is -0.124. The fourth-order valence-corrected chi connectivity index (χ4v) is 1.97. The van der Waals surface area contributed by atoms with E-state index in [0.29, 0.717) is 18.3 Å². The van der Waals surface area contributed by atoms with Crippen molar-refractivity contribution in [1.29, 1.82) is 0 Å². The number of nitrogens with two attached hydrogens (primary N) is 1. The summed E-state index contributed by atoms with van der Waals surface area (Å²) in [5.74, 6) is 0.274. The molecule has 7 nitrogen and oxygen atoms in total. The molecule has 1 heterocycles. The number of ether oxygens (including phenoxy) is 1. The molecule has 0 fully saturated rings. The van der Waals surface area contributed by atoms with Gasteiger partial charge in [0.05, 0.1) is 6.61 Å². The van der Waals surface area contributed by atoms with E-state index in [0.717, 1.165) is 0 Å². The number of hydrogen-bond donors (Lipinski definition) is 2. The summed E-state index contributed by atoms with van der Waals surface area (Å²) in [5, 5.41) is 2.84. The van der Waals surface area contributed by atoms with E-state index in [1.54, 1.807) is 25.3 Å². The van der Waals surface area contributed by atoms with Crippen LogP contribution < -0.4 is 11.1 Å². The van der Waals surface area contributed by atoms with Crippen molar-refractivity contribution in [3.05, 3.63) is 11.5 Å². The quantitative estimate of drug-likeness (QED) is 0.770. The minimum Gasteiger partial charge on any atom is -0.461 e. The Morgan fingerprint density at radius 3 is 2.52 bits per heavy atom. The number of imidazole rings is 1. The Morgan fingerprint density at radius 1 is 1.38 bits per heavy atom. The predicted molar refractivity (Wildman–Crippen MR) is 79.9 cm³/mol. The first-order valence-electron chi connectivity index (χ1n) is 7.08. The summed E-state index contributed by atoms with van der Waals surface area (Å²) < 4.78 is 6.44. The van der Waals surface area contributed by atoms with Crippen LogP contribution in [0.1, 0.15) is 50.0 Å². The first kappa shape index (κ1) is 17.0. The third kappa shape index (κ3) is 3.96. The number of rotatable bonds is 6. The van der Waals surface area contributed by atoms with Crippen molar-refractivity contribution in [2.24, 2.45) is 5.92 Å². The summed E-state index contributed by atoms with van der Waals surface area (Å²) in [7, 11) is 0. The highest BCUT2D eigenvalue weighted by Crippen LogP contribution is 2.21. The van der Waals surface area contributed by atoms with Gasteiger partial charge in [0.2, 0.25) is 5.91 Å². The molecule has 0 radical (unpaired) electrons. The van der Waals surface area contributed by atoms with Gasteiger partial charge in [0.15, 0.2) is 5.69 Å². The normalized spacial score (nSPS) is 12.3. The van der Waals surface area contributed by atoms with Crippen LogP contribution in [-0.2, 0) is 9.53 Å². The van der Waals surface area contributed by atoms with Crippen LogP contribution in [0.15, 0.2) is 0 Å². The lowest BCUT2D eigenvalue weighted by Crippen LogP contribution is -2.34. The van der Waals surface area contributed by atoms with E-state index in [2.05, 4.69) is 10.3 Å². The number of anilines is 1. The summed E-state index contributed by atoms with van der Waals surface area (Å²) >= 11 is 0. The molecular formula is C14H24N4O3. The third-order valence-electron chi connectivity index (χ3n) is 3.04. The highest BCUT2D eigenvalue weighted by Gasteiger charge is 2.25. The van der Waals surface area contributed by atoms with Gasteiger partial charge in [-0.25, -0.2) is 9.78 Å². The van der Waals surface area contributed by atoms with Gasteiger partial charge in [0, 0.05) is 6.54 Å². The number of amides is 1. The van der Waals surface area contributed by atoms with Crippen LogP contribution >= 0.6 is 0 Å². The maximum Gasteiger partial charge on any atom is 0.360 e. The Labute approximate surface area is 124 Å². The molecule has 0 saturated heterocycles. The number of carbonyl (C=O) groups excluding carboxylic acids is 2. The minimum atomic E-state index is -0.577. The molecule has 1 rings (SSSR count). The van der Waals surface area contributed by atoms with Crippen LogP contribution in [-0.4, -0.2) is 34.6 Å². The van der Waals surface area contributed by atoms with Crippen molar-refractivity contribution in [3.63, 3.8) is 0 Å². The summed E-state index contributed by atoms with van der Waals surface area (Å²) in [4.78, 5) is 28.0. The fourth-order valence-electron chi connectivity index (χ4n) is 1.97. The molecule has 0 aliphatic rings. The molecule has 0 spiro atoms. The standard InChI is InChI=1S/C14H24N4O3/c1-6-21-14(20)11-12(15)18(10(5)17-11)9(4)13(19)16-7-8(2)3/h8-9H,6-7,15H2,1-5H3,(H,16,19). The van der Waals surface area contributed by atoms with E-state index < -0.39 is 12.0 Å². The maximum absolute atomic E-state index is 12.1. The third-order valence-corrected chi connectivity index (χ3v) is 3.04.